The van der Waals surface area contributed by atoms with Gasteiger partial charge in [-0.25, -0.2) is 0 Å². The molecule has 1 fully saturated rings. The number of carboxylic acid groups (broad SMARTS) is 1. The molecule has 0 aromatic carbocycles. The van der Waals surface area contributed by atoms with E-state index in [4.69, 9.17) is 5.11 Å². The SMILES string of the molecule is O=C(O)CCN(C(=O)c1cccs1)C1CCCCC1. The highest BCUT2D eigenvalue weighted by molar-refractivity contribution is 7.12. The van der Waals surface area contributed by atoms with Crippen LogP contribution in [0, 0.1) is 0 Å². The Balaban J connectivity index is 2.08. The summed E-state index contributed by atoms with van der Waals surface area (Å²) in [6, 6.07) is 3.88. The molecule has 2 rings (SSSR count). The minimum Gasteiger partial charge on any atom is -0.481 e. The van der Waals surface area contributed by atoms with Gasteiger partial charge in [0.1, 0.15) is 0 Å². The fourth-order valence-corrected chi connectivity index (χ4v) is 3.28. The van der Waals surface area contributed by atoms with Crippen molar-refractivity contribution in [3.63, 3.8) is 0 Å². The van der Waals surface area contributed by atoms with E-state index < -0.39 is 5.97 Å². The average molecular weight is 281 g/mol. The number of carbonyl (C=O) groups is 2. The second-order valence-electron chi connectivity index (χ2n) is 4.91. The van der Waals surface area contributed by atoms with Crippen molar-refractivity contribution in [2.45, 2.75) is 44.6 Å². The van der Waals surface area contributed by atoms with Crippen molar-refractivity contribution in [2.24, 2.45) is 0 Å². The second-order valence-corrected chi connectivity index (χ2v) is 5.86. The highest BCUT2D eigenvalue weighted by Crippen LogP contribution is 2.25. The number of carboxylic acids is 1. The van der Waals surface area contributed by atoms with Gasteiger partial charge in [-0.05, 0) is 24.3 Å². The van der Waals surface area contributed by atoms with Gasteiger partial charge in [0.05, 0.1) is 11.3 Å². The van der Waals surface area contributed by atoms with E-state index in [1.165, 1.54) is 17.8 Å². The number of aliphatic carboxylic acids is 1. The molecule has 1 N–H and O–H groups in total. The van der Waals surface area contributed by atoms with E-state index in [0.29, 0.717) is 11.4 Å². The largest absolute Gasteiger partial charge is 0.481 e. The molecular weight excluding hydrogens is 262 g/mol. The first kappa shape index (κ1) is 14.1. The van der Waals surface area contributed by atoms with Crippen LogP contribution in [-0.4, -0.2) is 34.5 Å². The van der Waals surface area contributed by atoms with Crippen LogP contribution in [0.4, 0.5) is 0 Å². The van der Waals surface area contributed by atoms with E-state index in [1.54, 1.807) is 4.90 Å². The van der Waals surface area contributed by atoms with Crippen LogP contribution >= 0.6 is 11.3 Å². The monoisotopic (exact) mass is 281 g/mol. The predicted octanol–water partition coefficient (Wildman–Crippen LogP) is 3.00. The van der Waals surface area contributed by atoms with Gasteiger partial charge in [0.25, 0.3) is 5.91 Å². The molecule has 0 unspecified atom stereocenters. The van der Waals surface area contributed by atoms with Crippen LogP contribution in [0.25, 0.3) is 0 Å². The minimum atomic E-state index is -0.847. The zero-order chi connectivity index (χ0) is 13.7. The summed E-state index contributed by atoms with van der Waals surface area (Å²) in [6.07, 6.45) is 5.50. The third kappa shape index (κ3) is 3.80. The second kappa shape index (κ2) is 6.70. The summed E-state index contributed by atoms with van der Waals surface area (Å²) in [5, 5.41) is 10.7. The Bertz CT molecular complexity index is 424. The molecule has 1 amide bonds. The molecule has 0 bridgehead atoms. The van der Waals surface area contributed by atoms with Gasteiger partial charge in [0, 0.05) is 12.6 Å². The number of thiophene rings is 1. The Kier molecular flexibility index (Phi) is 4.96. The summed E-state index contributed by atoms with van der Waals surface area (Å²) >= 11 is 1.42. The lowest BCUT2D eigenvalue weighted by molar-refractivity contribution is -0.137. The Morgan fingerprint density at radius 1 is 1.32 bits per heavy atom. The first-order chi connectivity index (χ1) is 9.18. The Morgan fingerprint density at radius 2 is 2.05 bits per heavy atom. The number of amides is 1. The lowest BCUT2D eigenvalue weighted by Crippen LogP contribution is -2.42. The number of rotatable bonds is 5. The Labute approximate surface area is 117 Å². The fourth-order valence-electron chi connectivity index (χ4n) is 2.60. The van der Waals surface area contributed by atoms with E-state index in [-0.39, 0.29) is 18.4 Å². The summed E-state index contributed by atoms with van der Waals surface area (Å²) < 4.78 is 0. The standard InChI is InChI=1S/C14H19NO3S/c16-13(17)8-9-15(11-5-2-1-3-6-11)14(18)12-7-4-10-19-12/h4,7,10-11H,1-3,5-6,8-9H2,(H,16,17). The Morgan fingerprint density at radius 3 is 2.63 bits per heavy atom. The highest BCUT2D eigenvalue weighted by Gasteiger charge is 2.26. The summed E-state index contributed by atoms with van der Waals surface area (Å²) in [6.45, 7) is 0.316. The van der Waals surface area contributed by atoms with E-state index >= 15 is 0 Å². The van der Waals surface area contributed by atoms with Crippen molar-refractivity contribution in [3.05, 3.63) is 22.4 Å². The highest BCUT2D eigenvalue weighted by atomic mass is 32.1. The van der Waals surface area contributed by atoms with Crippen LogP contribution in [0.1, 0.15) is 48.2 Å². The molecule has 1 saturated carbocycles. The van der Waals surface area contributed by atoms with E-state index in [1.807, 2.05) is 17.5 Å². The molecule has 19 heavy (non-hydrogen) atoms. The maximum absolute atomic E-state index is 12.5. The minimum absolute atomic E-state index is 0.0110. The molecule has 4 nitrogen and oxygen atoms in total. The summed E-state index contributed by atoms with van der Waals surface area (Å²) in [5.41, 5.74) is 0. The van der Waals surface area contributed by atoms with Crippen LogP contribution in [0.3, 0.4) is 0 Å². The lowest BCUT2D eigenvalue weighted by atomic mass is 9.94. The van der Waals surface area contributed by atoms with Gasteiger partial charge in [-0.1, -0.05) is 25.3 Å². The van der Waals surface area contributed by atoms with Gasteiger partial charge in [0.2, 0.25) is 0 Å². The van der Waals surface area contributed by atoms with E-state index in [9.17, 15) is 9.59 Å². The van der Waals surface area contributed by atoms with Crippen molar-refractivity contribution in [1.82, 2.24) is 4.90 Å². The van der Waals surface area contributed by atoms with Crippen LogP contribution in [0.15, 0.2) is 17.5 Å². The van der Waals surface area contributed by atoms with Gasteiger partial charge in [-0.3, -0.25) is 9.59 Å². The van der Waals surface area contributed by atoms with Crippen LogP contribution in [0.5, 0.6) is 0 Å². The molecule has 1 aliphatic carbocycles. The maximum Gasteiger partial charge on any atom is 0.305 e. The van der Waals surface area contributed by atoms with E-state index in [0.717, 1.165) is 25.7 Å². The van der Waals surface area contributed by atoms with E-state index in [2.05, 4.69) is 0 Å². The van der Waals surface area contributed by atoms with Gasteiger partial charge in [0.15, 0.2) is 0 Å². The molecule has 0 saturated heterocycles. The van der Waals surface area contributed by atoms with Crippen molar-refractivity contribution < 1.29 is 14.7 Å². The first-order valence-corrected chi connectivity index (χ1v) is 7.62. The molecule has 5 heteroatoms. The number of hydrogen-bond donors (Lipinski definition) is 1. The molecule has 0 atom stereocenters. The van der Waals surface area contributed by atoms with Crippen molar-refractivity contribution in [1.29, 1.82) is 0 Å². The molecule has 0 spiro atoms. The third-order valence-electron chi connectivity index (χ3n) is 3.57. The Hall–Kier alpha value is -1.36. The summed E-state index contributed by atoms with van der Waals surface area (Å²) in [4.78, 5) is 25.7. The van der Waals surface area contributed by atoms with Gasteiger partial charge >= 0.3 is 5.97 Å². The molecular formula is C14H19NO3S. The lowest BCUT2D eigenvalue weighted by Gasteiger charge is -2.33. The molecule has 1 aliphatic rings. The van der Waals surface area contributed by atoms with Gasteiger partial charge in [-0.2, -0.15) is 0 Å². The summed E-state index contributed by atoms with van der Waals surface area (Å²) in [5.74, 6) is -0.858. The number of carbonyl (C=O) groups excluding carboxylic acids is 1. The average Bonchev–Trinajstić information content (AvgIpc) is 2.93. The summed E-state index contributed by atoms with van der Waals surface area (Å²) in [7, 11) is 0. The molecule has 1 aromatic heterocycles. The molecule has 0 radical (unpaired) electrons. The first-order valence-electron chi connectivity index (χ1n) is 6.75. The zero-order valence-corrected chi connectivity index (χ0v) is 11.7. The van der Waals surface area contributed by atoms with Crippen molar-refractivity contribution in [2.75, 3.05) is 6.54 Å². The van der Waals surface area contributed by atoms with Gasteiger partial charge < -0.3 is 10.0 Å². The number of nitrogens with zero attached hydrogens (tertiary/aromatic N) is 1. The van der Waals surface area contributed by atoms with Crippen LogP contribution in [-0.2, 0) is 4.79 Å². The predicted molar refractivity (Wildman–Crippen MR) is 74.5 cm³/mol. The smallest absolute Gasteiger partial charge is 0.305 e. The molecule has 0 aliphatic heterocycles. The third-order valence-corrected chi connectivity index (χ3v) is 4.43. The van der Waals surface area contributed by atoms with Crippen LogP contribution in [0.2, 0.25) is 0 Å². The maximum atomic E-state index is 12.5. The molecule has 1 aromatic rings. The van der Waals surface area contributed by atoms with Gasteiger partial charge in [-0.15, -0.1) is 11.3 Å². The normalized spacial score (nSPS) is 16.2. The topological polar surface area (TPSA) is 57.6 Å². The van der Waals surface area contributed by atoms with Crippen molar-refractivity contribution in [3.8, 4) is 0 Å². The number of hydrogen-bond acceptors (Lipinski definition) is 3. The molecule has 104 valence electrons. The quantitative estimate of drug-likeness (QED) is 0.902. The molecule has 1 heterocycles. The zero-order valence-electron chi connectivity index (χ0n) is 10.9. The fraction of sp³-hybridized carbons (Fsp3) is 0.571. The van der Waals surface area contributed by atoms with Crippen molar-refractivity contribution >= 4 is 23.2 Å². The van der Waals surface area contributed by atoms with Crippen LogP contribution < -0.4 is 0 Å².